The smallest absolute Gasteiger partial charge is 0.211 e. The summed E-state index contributed by atoms with van der Waals surface area (Å²) in [7, 11) is 0.877. The van der Waals surface area contributed by atoms with Crippen LogP contribution in [0.5, 0.6) is 0 Å². The molecule has 0 bridgehead atoms. The van der Waals surface area contributed by atoms with Gasteiger partial charge in [-0.3, -0.25) is 4.98 Å². The molecule has 106 valence electrons. The molecule has 1 fully saturated rings. The van der Waals surface area contributed by atoms with E-state index in [0.717, 1.165) is 30.6 Å². The highest BCUT2D eigenvalue weighted by molar-refractivity contribution is 7.88. The van der Waals surface area contributed by atoms with Crippen LogP contribution >= 0.6 is 0 Å². The van der Waals surface area contributed by atoms with Crippen molar-refractivity contribution in [3.8, 4) is 0 Å². The van der Waals surface area contributed by atoms with E-state index >= 15 is 0 Å². The molecule has 1 aromatic rings. The van der Waals surface area contributed by atoms with Crippen LogP contribution in [0.25, 0.3) is 0 Å². The summed E-state index contributed by atoms with van der Waals surface area (Å²) < 4.78 is 25.0. The summed E-state index contributed by atoms with van der Waals surface area (Å²) in [5.41, 5.74) is 1.99. The zero-order valence-electron chi connectivity index (χ0n) is 11.7. The van der Waals surface area contributed by atoms with E-state index in [-0.39, 0.29) is 6.04 Å². The van der Waals surface area contributed by atoms with Crippen molar-refractivity contribution in [2.75, 3.05) is 26.9 Å². The molecule has 0 unspecified atom stereocenters. The Morgan fingerprint density at radius 3 is 2.68 bits per heavy atom. The number of hydrogen-bond donors (Lipinski definition) is 0. The van der Waals surface area contributed by atoms with Crippen molar-refractivity contribution < 1.29 is 8.42 Å². The van der Waals surface area contributed by atoms with Gasteiger partial charge in [0.05, 0.1) is 18.0 Å². The summed E-state index contributed by atoms with van der Waals surface area (Å²) >= 11 is 0. The highest BCUT2D eigenvalue weighted by atomic mass is 32.2. The van der Waals surface area contributed by atoms with Crippen LogP contribution in [0, 0.1) is 0 Å². The van der Waals surface area contributed by atoms with Gasteiger partial charge >= 0.3 is 0 Å². The second-order valence-electron chi connectivity index (χ2n) is 5.36. The molecule has 0 amide bonds. The molecule has 0 saturated carbocycles. The van der Waals surface area contributed by atoms with Gasteiger partial charge in [0.1, 0.15) is 0 Å². The van der Waals surface area contributed by atoms with Crippen LogP contribution in [-0.4, -0.2) is 49.5 Å². The van der Waals surface area contributed by atoms with Crippen LogP contribution in [-0.2, 0) is 16.6 Å². The summed E-state index contributed by atoms with van der Waals surface area (Å²) in [5.74, 6) is 0. The molecule has 0 N–H and O–H groups in total. The van der Waals surface area contributed by atoms with E-state index in [9.17, 15) is 8.42 Å². The Morgan fingerprint density at radius 1 is 1.42 bits per heavy atom. The zero-order chi connectivity index (χ0) is 14.0. The largest absolute Gasteiger partial charge is 0.305 e. The molecule has 1 aliphatic rings. The third-order valence-electron chi connectivity index (χ3n) is 3.32. The third-order valence-corrected chi connectivity index (χ3v) is 4.61. The van der Waals surface area contributed by atoms with Crippen LogP contribution in [0.2, 0.25) is 0 Å². The van der Waals surface area contributed by atoms with E-state index in [0.29, 0.717) is 6.54 Å². The Hall–Kier alpha value is -0.980. The maximum absolute atomic E-state index is 11.7. The lowest BCUT2D eigenvalue weighted by molar-refractivity contribution is 0.391. The van der Waals surface area contributed by atoms with Gasteiger partial charge in [0.25, 0.3) is 0 Å². The summed E-state index contributed by atoms with van der Waals surface area (Å²) in [5, 5.41) is 0. The number of nitrogens with zero attached hydrogens (tertiary/aromatic N) is 3. The number of sulfonamides is 1. The van der Waals surface area contributed by atoms with Crippen molar-refractivity contribution in [1.82, 2.24) is 14.2 Å². The molecule has 1 saturated heterocycles. The minimum absolute atomic E-state index is 0.0941. The molecule has 0 radical (unpaired) electrons. The molecular weight excluding hydrogens is 262 g/mol. The number of aromatic nitrogens is 1. The lowest BCUT2D eigenvalue weighted by Crippen LogP contribution is -2.29. The fourth-order valence-corrected chi connectivity index (χ4v) is 3.66. The predicted octanol–water partition coefficient (Wildman–Crippen LogP) is 1.24. The molecule has 0 aromatic carbocycles. The summed E-state index contributed by atoms with van der Waals surface area (Å²) in [4.78, 5) is 6.52. The van der Waals surface area contributed by atoms with Crippen molar-refractivity contribution in [3.05, 3.63) is 29.6 Å². The standard InChI is InChI=1S/C13H21N3O2S/c1-15(2)10-11-6-7-12(14-9-11)13-5-4-8-16(13)19(3,17)18/h6-7,9,13H,4-5,8,10H2,1-3H3/t13-/m0/s1. The Morgan fingerprint density at radius 2 is 2.16 bits per heavy atom. The van der Waals surface area contributed by atoms with Gasteiger partial charge in [-0.15, -0.1) is 0 Å². The first-order valence-corrected chi connectivity index (χ1v) is 8.29. The molecule has 0 spiro atoms. The highest BCUT2D eigenvalue weighted by Crippen LogP contribution is 2.32. The molecule has 2 rings (SSSR count). The van der Waals surface area contributed by atoms with E-state index in [2.05, 4.69) is 9.88 Å². The van der Waals surface area contributed by atoms with Crippen LogP contribution in [0.4, 0.5) is 0 Å². The quantitative estimate of drug-likeness (QED) is 0.834. The van der Waals surface area contributed by atoms with Gasteiger partial charge in [0, 0.05) is 19.3 Å². The second kappa shape index (κ2) is 5.56. The SMILES string of the molecule is CN(C)Cc1ccc([C@@H]2CCCN2S(C)(=O)=O)nc1. The van der Waals surface area contributed by atoms with Crippen LogP contribution in [0.15, 0.2) is 18.3 Å². The van der Waals surface area contributed by atoms with Gasteiger partial charge in [-0.2, -0.15) is 4.31 Å². The van der Waals surface area contributed by atoms with Gasteiger partial charge in [-0.05, 0) is 38.6 Å². The molecule has 6 heteroatoms. The van der Waals surface area contributed by atoms with E-state index in [1.165, 1.54) is 6.26 Å². The fraction of sp³-hybridized carbons (Fsp3) is 0.615. The van der Waals surface area contributed by atoms with Crippen LogP contribution < -0.4 is 0 Å². The van der Waals surface area contributed by atoms with Gasteiger partial charge in [-0.25, -0.2) is 8.42 Å². The van der Waals surface area contributed by atoms with Gasteiger partial charge in [0.15, 0.2) is 0 Å². The second-order valence-corrected chi connectivity index (χ2v) is 7.30. The monoisotopic (exact) mass is 283 g/mol. The summed E-state index contributed by atoms with van der Waals surface area (Å²) in [6, 6.07) is 3.89. The topological polar surface area (TPSA) is 53.5 Å². The molecule has 1 atom stereocenters. The minimum atomic E-state index is -3.14. The molecule has 19 heavy (non-hydrogen) atoms. The average molecular weight is 283 g/mol. The Balaban J connectivity index is 2.18. The van der Waals surface area contributed by atoms with Gasteiger partial charge in [0.2, 0.25) is 10.0 Å². The maximum atomic E-state index is 11.7. The number of hydrogen-bond acceptors (Lipinski definition) is 4. The summed E-state index contributed by atoms with van der Waals surface area (Å²) in [6.07, 6.45) is 4.87. The Bertz CT molecular complexity index is 525. The number of pyridine rings is 1. The van der Waals surface area contributed by atoms with E-state index in [4.69, 9.17) is 0 Å². The van der Waals surface area contributed by atoms with Gasteiger partial charge < -0.3 is 4.90 Å². The molecule has 1 aliphatic heterocycles. The molecule has 0 aliphatic carbocycles. The van der Waals surface area contributed by atoms with Crippen molar-refractivity contribution in [3.63, 3.8) is 0 Å². The van der Waals surface area contributed by atoms with E-state index < -0.39 is 10.0 Å². The Labute approximate surface area is 115 Å². The first-order chi connectivity index (χ1) is 8.88. The first-order valence-electron chi connectivity index (χ1n) is 6.44. The Kier molecular flexibility index (Phi) is 4.23. The van der Waals surface area contributed by atoms with E-state index in [1.54, 1.807) is 4.31 Å². The summed E-state index contributed by atoms with van der Waals surface area (Å²) in [6.45, 7) is 1.44. The van der Waals surface area contributed by atoms with E-state index in [1.807, 2.05) is 32.4 Å². The molecule has 2 heterocycles. The van der Waals surface area contributed by atoms with Crippen molar-refractivity contribution in [1.29, 1.82) is 0 Å². The highest BCUT2D eigenvalue weighted by Gasteiger charge is 2.33. The minimum Gasteiger partial charge on any atom is -0.305 e. The predicted molar refractivity (Wildman–Crippen MR) is 75.2 cm³/mol. The zero-order valence-corrected chi connectivity index (χ0v) is 12.5. The first kappa shape index (κ1) is 14.4. The lowest BCUT2D eigenvalue weighted by atomic mass is 10.1. The normalized spacial score (nSPS) is 21.2. The van der Waals surface area contributed by atoms with Crippen molar-refractivity contribution >= 4 is 10.0 Å². The molecule has 5 nitrogen and oxygen atoms in total. The number of rotatable bonds is 4. The van der Waals surface area contributed by atoms with Crippen molar-refractivity contribution in [2.24, 2.45) is 0 Å². The lowest BCUT2D eigenvalue weighted by Gasteiger charge is -2.21. The van der Waals surface area contributed by atoms with Crippen LogP contribution in [0.3, 0.4) is 0 Å². The fourth-order valence-electron chi connectivity index (χ4n) is 2.52. The average Bonchev–Trinajstić information content (AvgIpc) is 2.77. The molecule has 1 aromatic heterocycles. The van der Waals surface area contributed by atoms with Crippen molar-refractivity contribution in [2.45, 2.75) is 25.4 Å². The van der Waals surface area contributed by atoms with Crippen LogP contribution in [0.1, 0.15) is 30.1 Å². The third kappa shape index (κ3) is 3.52. The molecular formula is C13H21N3O2S. The van der Waals surface area contributed by atoms with Gasteiger partial charge in [-0.1, -0.05) is 6.07 Å². The maximum Gasteiger partial charge on any atom is 0.211 e.